The lowest BCUT2D eigenvalue weighted by atomic mass is 10.1. The first-order chi connectivity index (χ1) is 7.63. The molecule has 0 saturated heterocycles. The maximum absolute atomic E-state index is 8.47. The molecule has 1 rings (SSSR count). The molecule has 3 heteroatoms. The molecule has 0 aliphatic carbocycles. The van der Waals surface area contributed by atoms with E-state index in [4.69, 9.17) is 5.26 Å². The number of nitriles is 1. The molecule has 0 spiro atoms. The Labute approximate surface area is 107 Å². The highest BCUT2D eigenvalue weighted by Gasteiger charge is 2.09. The second kappa shape index (κ2) is 6.98. The molecule has 1 aromatic rings. The van der Waals surface area contributed by atoms with Crippen LogP contribution < -0.4 is 0 Å². The van der Waals surface area contributed by atoms with Gasteiger partial charge < -0.3 is 0 Å². The van der Waals surface area contributed by atoms with Crippen molar-refractivity contribution in [1.82, 2.24) is 0 Å². The van der Waals surface area contributed by atoms with E-state index < -0.39 is 0 Å². The quantitative estimate of drug-likeness (QED) is 0.544. The number of thiocyanates is 1. The van der Waals surface area contributed by atoms with Gasteiger partial charge in [-0.05, 0) is 48.6 Å². The molecule has 0 radical (unpaired) electrons. The lowest BCUT2D eigenvalue weighted by molar-refractivity contribution is 0.654. The van der Waals surface area contributed by atoms with Crippen LogP contribution in [0.25, 0.3) is 0 Å². The van der Waals surface area contributed by atoms with E-state index in [9.17, 15) is 0 Å². The summed E-state index contributed by atoms with van der Waals surface area (Å²) in [6.45, 7) is 6.77. The zero-order valence-corrected chi connectivity index (χ0v) is 11.8. The van der Waals surface area contributed by atoms with E-state index in [-0.39, 0.29) is 0 Å². The zero-order valence-electron chi connectivity index (χ0n) is 10.2. The summed E-state index contributed by atoms with van der Waals surface area (Å²) in [4.78, 5) is 2.96. The fourth-order valence-electron chi connectivity index (χ4n) is 1.60. The monoisotopic (exact) mass is 253 g/mol. The Morgan fingerprint density at radius 2 is 2.12 bits per heavy atom. The van der Waals surface area contributed by atoms with Crippen LogP contribution in [0.15, 0.2) is 12.1 Å². The summed E-state index contributed by atoms with van der Waals surface area (Å²) in [5.74, 6) is 2.26. The summed E-state index contributed by atoms with van der Waals surface area (Å²) in [5.41, 5.74) is 0. The van der Waals surface area contributed by atoms with Crippen LogP contribution in [0.4, 0.5) is 0 Å². The van der Waals surface area contributed by atoms with Gasteiger partial charge in [-0.25, -0.2) is 0 Å². The molecular formula is C13H19NS2. The summed E-state index contributed by atoms with van der Waals surface area (Å²) in [6, 6.07) is 4.51. The molecule has 1 atom stereocenters. The number of hydrogen-bond donors (Lipinski definition) is 0. The molecule has 0 amide bonds. The number of nitrogens with zero attached hydrogens (tertiary/aromatic N) is 1. The standard InChI is InChI=1S/C13H19NS2/c1-10(2)8-12-4-5-13(16-12)11(3)6-7-15-9-14/h4-5,10-11H,6-8H2,1-3H3. The first-order valence-corrected chi connectivity index (χ1v) is 7.53. The van der Waals surface area contributed by atoms with E-state index in [0.717, 1.165) is 18.1 Å². The summed E-state index contributed by atoms with van der Waals surface area (Å²) in [7, 11) is 0. The van der Waals surface area contributed by atoms with Gasteiger partial charge in [-0.2, -0.15) is 5.26 Å². The maximum Gasteiger partial charge on any atom is 0.133 e. The maximum atomic E-state index is 8.47. The summed E-state index contributed by atoms with van der Waals surface area (Å²) in [5, 5.41) is 10.6. The summed E-state index contributed by atoms with van der Waals surface area (Å²) in [6.07, 6.45) is 2.28. The average Bonchev–Trinajstić information content (AvgIpc) is 2.65. The van der Waals surface area contributed by atoms with Crippen molar-refractivity contribution in [2.24, 2.45) is 5.92 Å². The lowest BCUT2D eigenvalue weighted by Crippen LogP contribution is -1.92. The number of thiophene rings is 1. The summed E-state index contributed by atoms with van der Waals surface area (Å²) >= 11 is 3.29. The zero-order chi connectivity index (χ0) is 12.0. The Kier molecular flexibility index (Phi) is 5.94. The van der Waals surface area contributed by atoms with Crippen molar-refractivity contribution in [3.8, 4) is 5.40 Å². The number of thioether (sulfide) groups is 1. The molecule has 0 aliphatic heterocycles. The minimum Gasteiger partial charge on any atom is -0.185 e. The van der Waals surface area contributed by atoms with Gasteiger partial charge in [0, 0.05) is 15.5 Å². The highest BCUT2D eigenvalue weighted by Crippen LogP contribution is 2.29. The van der Waals surface area contributed by atoms with E-state index >= 15 is 0 Å². The van der Waals surface area contributed by atoms with E-state index in [1.165, 1.54) is 27.9 Å². The molecular weight excluding hydrogens is 234 g/mol. The number of hydrogen-bond acceptors (Lipinski definition) is 3. The van der Waals surface area contributed by atoms with Gasteiger partial charge in [0.1, 0.15) is 5.40 Å². The van der Waals surface area contributed by atoms with Crippen LogP contribution in [0.1, 0.15) is 42.9 Å². The molecule has 16 heavy (non-hydrogen) atoms. The molecule has 0 saturated carbocycles. The van der Waals surface area contributed by atoms with Gasteiger partial charge in [0.15, 0.2) is 0 Å². The number of rotatable bonds is 6. The Hall–Kier alpha value is -0.460. The van der Waals surface area contributed by atoms with Crippen LogP contribution in [0, 0.1) is 16.6 Å². The van der Waals surface area contributed by atoms with Crippen molar-refractivity contribution in [2.45, 2.75) is 39.5 Å². The van der Waals surface area contributed by atoms with E-state index in [0.29, 0.717) is 5.92 Å². The van der Waals surface area contributed by atoms with Crippen molar-refractivity contribution in [3.05, 3.63) is 21.9 Å². The highest BCUT2D eigenvalue weighted by molar-refractivity contribution is 8.03. The third-order valence-electron chi connectivity index (χ3n) is 2.50. The van der Waals surface area contributed by atoms with Gasteiger partial charge in [-0.3, -0.25) is 0 Å². The van der Waals surface area contributed by atoms with Gasteiger partial charge in [-0.1, -0.05) is 20.8 Å². The van der Waals surface area contributed by atoms with E-state index in [1.807, 2.05) is 11.3 Å². The van der Waals surface area contributed by atoms with Crippen LogP contribution in [0.3, 0.4) is 0 Å². The minimum absolute atomic E-state index is 0.590. The Morgan fingerprint density at radius 3 is 2.75 bits per heavy atom. The molecule has 1 nitrogen and oxygen atoms in total. The highest BCUT2D eigenvalue weighted by atomic mass is 32.2. The third-order valence-corrected chi connectivity index (χ3v) is 4.40. The lowest BCUT2D eigenvalue weighted by Gasteiger charge is -2.06. The van der Waals surface area contributed by atoms with Crippen LogP contribution in [-0.2, 0) is 6.42 Å². The second-order valence-electron chi connectivity index (χ2n) is 4.53. The fourth-order valence-corrected chi connectivity index (χ4v) is 3.47. The Morgan fingerprint density at radius 1 is 1.38 bits per heavy atom. The molecule has 1 unspecified atom stereocenters. The predicted octanol–water partition coefficient (Wildman–Crippen LogP) is 4.65. The third kappa shape index (κ3) is 4.59. The molecule has 0 aromatic carbocycles. The first-order valence-electron chi connectivity index (χ1n) is 5.73. The molecule has 0 N–H and O–H groups in total. The van der Waals surface area contributed by atoms with Gasteiger partial charge in [0.25, 0.3) is 0 Å². The fraction of sp³-hybridized carbons (Fsp3) is 0.615. The van der Waals surface area contributed by atoms with Gasteiger partial charge in [-0.15, -0.1) is 11.3 Å². The molecule has 0 bridgehead atoms. The molecule has 1 aromatic heterocycles. The van der Waals surface area contributed by atoms with E-state index in [2.05, 4.69) is 38.3 Å². The normalized spacial score (nSPS) is 12.7. The topological polar surface area (TPSA) is 23.8 Å². The largest absolute Gasteiger partial charge is 0.185 e. The van der Waals surface area contributed by atoms with Gasteiger partial charge in [0.2, 0.25) is 0 Å². The van der Waals surface area contributed by atoms with Crippen molar-refractivity contribution >= 4 is 23.1 Å². The molecule has 1 heterocycles. The SMILES string of the molecule is CC(C)Cc1ccc(C(C)CCSC#N)s1. The van der Waals surface area contributed by atoms with Crippen molar-refractivity contribution in [2.75, 3.05) is 5.75 Å². The van der Waals surface area contributed by atoms with Crippen molar-refractivity contribution in [1.29, 1.82) is 5.26 Å². The van der Waals surface area contributed by atoms with Crippen LogP contribution in [0.2, 0.25) is 0 Å². The molecule has 0 aliphatic rings. The van der Waals surface area contributed by atoms with Crippen LogP contribution >= 0.6 is 23.1 Å². The Balaban J connectivity index is 2.47. The summed E-state index contributed by atoms with van der Waals surface area (Å²) < 4.78 is 0. The van der Waals surface area contributed by atoms with Crippen molar-refractivity contribution in [3.63, 3.8) is 0 Å². The van der Waals surface area contributed by atoms with Crippen LogP contribution in [-0.4, -0.2) is 5.75 Å². The molecule has 88 valence electrons. The Bertz CT molecular complexity index is 349. The average molecular weight is 253 g/mol. The van der Waals surface area contributed by atoms with Crippen LogP contribution in [0.5, 0.6) is 0 Å². The minimum atomic E-state index is 0.590. The van der Waals surface area contributed by atoms with Gasteiger partial charge >= 0.3 is 0 Å². The smallest absolute Gasteiger partial charge is 0.133 e. The first kappa shape index (κ1) is 13.6. The predicted molar refractivity (Wildman–Crippen MR) is 74.0 cm³/mol. The molecule has 0 fully saturated rings. The van der Waals surface area contributed by atoms with Gasteiger partial charge in [0.05, 0.1) is 0 Å². The van der Waals surface area contributed by atoms with Crippen molar-refractivity contribution < 1.29 is 0 Å². The second-order valence-corrected chi connectivity index (χ2v) is 6.61. The van der Waals surface area contributed by atoms with E-state index in [1.54, 1.807) is 0 Å².